The number of aromatic nitrogens is 2. The van der Waals surface area contributed by atoms with Crippen LogP contribution in [0.15, 0.2) is 36.7 Å². The molecule has 136 valence electrons. The van der Waals surface area contributed by atoms with Gasteiger partial charge in [-0.15, -0.1) is 0 Å². The SMILES string of the molecule is Cc1cccc([C@@H](NC(=O)N[C@@H](CO)c2cnn(C)c2)C(C)(C)C)c1. The molecule has 2 amide bonds. The highest BCUT2D eigenvalue weighted by Crippen LogP contribution is 2.33. The Morgan fingerprint density at radius 3 is 2.52 bits per heavy atom. The van der Waals surface area contributed by atoms with Gasteiger partial charge < -0.3 is 15.7 Å². The van der Waals surface area contributed by atoms with Crippen LogP contribution in [-0.2, 0) is 7.05 Å². The number of rotatable bonds is 5. The normalized spacial score (nSPS) is 14.0. The second kappa shape index (κ2) is 7.70. The van der Waals surface area contributed by atoms with E-state index in [1.54, 1.807) is 24.1 Å². The van der Waals surface area contributed by atoms with E-state index >= 15 is 0 Å². The molecule has 0 radical (unpaired) electrons. The molecule has 2 rings (SSSR count). The molecule has 6 heteroatoms. The zero-order chi connectivity index (χ0) is 18.6. The Bertz CT molecular complexity index is 718. The van der Waals surface area contributed by atoms with E-state index < -0.39 is 6.04 Å². The van der Waals surface area contributed by atoms with Crippen LogP contribution in [0.5, 0.6) is 0 Å². The Labute approximate surface area is 149 Å². The zero-order valence-corrected chi connectivity index (χ0v) is 15.6. The molecule has 0 bridgehead atoms. The number of urea groups is 1. The first-order chi connectivity index (χ1) is 11.7. The second-order valence-corrected chi connectivity index (χ2v) is 7.51. The molecule has 0 aliphatic carbocycles. The van der Waals surface area contributed by atoms with Gasteiger partial charge in [0.25, 0.3) is 0 Å². The number of aliphatic hydroxyl groups is 1. The van der Waals surface area contributed by atoms with E-state index in [-0.39, 0.29) is 24.1 Å². The first-order valence-electron chi connectivity index (χ1n) is 8.43. The number of carbonyl (C=O) groups is 1. The van der Waals surface area contributed by atoms with Crippen molar-refractivity contribution < 1.29 is 9.90 Å². The predicted octanol–water partition coefficient (Wildman–Crippen LogP) is 2.85. The van der Waals surface area contributed by atoms with E-state index in [0.717, 1.165) is 16.7 Å². The highest BCUT2D eigenvalue weighted by molar-refractivity contribution is 5.75. The third-order valence-electron chi connectivity index (χ3n) is 4.13. The standard InChI is InChI=1S/C19H28N4O2/c1-13-7-6-8-14(9-13)17(19(2,3)4)22-18(25)21-16(12-24)15-10-20-23(5)11-15/h6-11,16-17,24H,12H2,1-5H3,(H2,21,22,25)/t16-,17+/m0/s1. The molecule has 2 atom stereocenters. The summed E-state index contributed by atoms with van der Waals surface area (Å²) >= 11 is 0. The maximum absolute atomic E-state index is 12.5. The molecule has 0 unspecified atom stereocenters. The summed E-state index contributed by atoms with van der Waals surface area (Å²) in [6.45, 7) is 8.11. The Hall–Kier alpha value is -2.34. The van der Waals surface area contributed by atoms with Crippen LogP contribution in [0.1, 0.15) is 49.5 Å². The zero-order valence-electron chi connectivity index (χ0n) is 15.6. The summed E-state index contributed by atoms with van der Waals surface area (Å²) in [4.78, 5) is 12.5. The van der Waals surface area contributed by atoms with Crippen LogP contribution in [0.25, 0.3) is 0 Å². The molecular weight excluding hydrogens is 316 g/mol. The largest absolute Gasteiger partial charge is 0.394 e. The average molecular weight is 344 g/mol. The molecular formula is C19H28N4O2. The fourth-order valence-electron chi connectivity index (χ4n) is 2.83. The lowest BCUT2D eigenvalue weighted by Crippen LogP contribution is -2.44. The summed E-state index contributed by atoms with van der Waals surface area (Å²) in [5.74, 6) is 0. The molecule has 0 aliphatic heterocycles. The molecule has 0 aliphatic rings. The minimum Gasteiger partial charge on any atom is -0.394 e. The number of nitrogens with zero attached hydrogens (tertiary/aromatic N) is 2. The van der Waals surface area contributed by atoms with Crippen molar-refractivity contribution in [3.8, 4) is 0 Å². The minimum atomic E-state index is -0.494. The van der Waals surface area contributed by atoms with E-state index in [4.69, 9.17) is 0 Å². The predicted molar refractivity (Wildman–Crippen MR) is 98.1 cm³/mol. The maximum atomic E-state index is 12.5. The molecule has 1 heterocycles. The molecule has 1 aromatic heterocycles. The molecule has 2 aromatic rings. The molecule has 6 nitrogen and oxygen atoms in total. The number of aryl methyl sites for hydroxylation is 2. The molecule has 0 fully saturated rings. The third-order valence-corrected chi connectivity index (χ3v) is 4.13. The number of hydrogen-bond acceptors (Lipinski definition) is 3. The van der Waals surface area contributed by atoms with Gasteiger partial charge in [0, 0.05) is 18.8 Å². The first-order valence-corrected chi connectivity index (χ1v) is 8.43. The topological polar surface area (TPSA) is 79.2 Å². The quantitative estimate of drug-likeness (QED) is 0.780. The Morgan fingerprint density at radius 2 is 2.00 bits per heavy atom. The van der Waals surface area contributed by atoms with Crippen LogP contribution < -0.4 is 10.6 Å². The van der Waals surface area contributed by atoms with Crippen molar-refractivity contribution in [3.63, 3.8) is 0 Å². The van der Waals surface area contributed by atoms with Gasteiger partial charge in [-0.2, -0.15) is 5.10 Å². The molecule has 0 spiro atoms. The van der Waals surface area contributed by atoms with E-state index in [2.05, 4.69) is 42.6 Å². The lowest BCUT2D eigenvalue weighted by atomic mass is 9.82. The third kappa shape index (κ3) is 5.06. The number of hydrogen-bond donors (Lipinski definition) is 3. The second-order valence-electron chi connectivity index (χ2n) is 7.51. The van der Waals surface area contributed by atoms with Crippen molar-refractivity contribution >= 4 is 6.03 Å². The van der Waals surface area contributed by atoms with E-state index in [9.17, 15) is 9.90 Å². The van der Waals surface area contributed by atoms with E-state index in [0.29, 0.717) is 0 Å². The van der Waals surface area contributed by atoms with Crippen LogP contribution in [0.3, 0.4) is 0 Å². The van der Waals surface area contributed by atoms with E-state index in [1.807, 2.05) is 25.1 Å². The lowest BCUT2D eigenvalue weighted by molar-refractivity contribution is 0.201. The van der Waals surface area contributed by atoms with Crippen LogP contribution in [-0.4, -0.2) is 27.5 Å². The van der Waals surface area contributed by atoms with Gasteiger partial charge in [0.1, 0.15) is 0 Å². The summed E-state index contributed by atoms with van der Waals surface area (Å²) in [7, 11) is 1.80. The van der Waals surface area contributed by atoms with Crippen LogP contribution >= 0.6 is 0 Å². The van der Waals surface area contributed by atoms with Gasteiger partial charge in [0.05, 0.1) is 24.9 Å². The first kappa shape index (κ1) is 19.0. The van der Waals surface area contributed by atoms with Crippen LogP contribution in [0, 0.1) is 12.3 Å². The summed E-state index contributed by atoms with van der Waals surface area (Å²) in [5.41, 5.74) is 2.82. The Kier molecular flexibility index (Phi) is 5.85. The van der Waals surface area contributed by atoms with Gasteiger partial charge in [0.2, 0.25) is 0 Å². The van der Waals surface area contributed by atoms with Crippen molar-refractivity contribution in [2.75, 3.05) is 6.61 Å². The molecule has 1 aromatic carbocycles. The van der Waals surface area contributed by atoms with Crippen molar-refractivity contribution in [1.82, 2.24) is 20.4 Å². The Balaban J connectivity index is 2.14. The molecule has 0 saturated heterocycles. The van der Waals surface area contributed by atoms with Crippen LogP contribution in [0.2, 0.25) is 0 Å². The lowest BCUT2D eigenvalue weighted by Gasteiger charge is -2.32. The molecule has 0 saturated carbocycles. The van der Waals surface area contributed by atoms with Crippen LogP contribution in [0.4, 0.5) is 4.79 Å². The smallest absolute Gasteiger partial charge is 0.315 e. The van der Waals surface area contributed by atoms with Crippen molar-refractivity contribution in [1.29, 1.82) is 0 Å². The summed E-state index contributed by atoms with van der Waals surface area (Å²) in [6.07, 6.45) is 3.42. The number of benzene rings is 1. The highest BCUT2D eigenvalue weighted by Gasteiger charge is 2.28. The maximum Gasteiger partial charge on any atom is 0.315 e. The monoisotopic (exact) mass is 344 g/mol. The summed E-state index contributed by atoms with van der Waals surface area (Å²) in [5, 5.41) is 19.6. The fraction of sp³-hybridized carbons (Fsp3) is 0.474. The van der Waals surface area contributed by atoms with Gasteiger partial charge in [-0.3, -0.25) is 4.68 Å². The van der Waals surface area contributed by atoms with Crippen molar-refractivity contribution in [2.45, 2.75) is 39.8 Å². The molecule has 25 heavy (non-hydrogen) atoms. The average Bonchev–Trinajstić information content (AvgIpc) is 2.95. The van der Waals surface area contributed by atoms with Gasteiger partial charge in [-0.05, 0) is 17.9 Å². The van der Waals surface area contributed by atoms with Gasteiger partial charge in [0.15, 0.2) is 0 Å². The highest BCUT2D eigenvalue weighted by atomic mass is 16.3. The van der Waals surface area contributed by atoms with Gasteiger partial charge in [-0.1, -0.05) is 50.6 Å². The minimum absolute atomic E-state index is 0.152. The van der Waals surface area contributed by atoms with Gasteiger partial charge >= 0.3 is 6.03 Å². The number of carbonyl (C=O) groups excluding carboxylic acids is 1. The van der Waals surface area contributed by atoms with Crippen molar-refractivity contribution in [3.05, 3.63) is 53.3 Å². The number of amides is 2. The fourth-order valence-corrected chi connectivity index (χ4v) is 2.83. The summed E-state index contributed by atoms with van der Waals surface area (Å²) < 4.78 is 1.64. The van der Waals surface area contributed by atoms with E-state index in [1.165, 1.54) is 0 Å². The Morgan fingerprint density at radius 1 is 1.28 bits per heavy atom. The van der Waals surface area contributed by atoms with Gasteiger partial charge in [-0.25, -0.2) is 4.79 Å². The van der Waals surface area contributed by atoms with Crippen molar-refractivity contribution in [2.24, 2.45) is 12.5 Å². The molecule has 3 N–H and O–H groups in total. The number of aliphatic hydroxyl groups excluding tert-OH is 1. The number of nitrogens with one attached hydrogen (secondary N) is 2. The summed E-state index contributed by atoms with van der Waals surface area (Å²) in [6, 6.07) is 7.17.